The number of piperazine rings is 1. The summed E-state index contributed by atoms with van der Waals surface area (Å²) < 4.78 is 37.3. The summed E-state index contributed by atoms with van der Waals surface area (Å²) in [7, 11) is -2.46. The fraction of sp³-hybridized carbons (Fsp3) is 0.333. The zero-order valence-corrected chi connectivity index (χ0v) is 19.4. The number of amides is 2. The van der Waals surface area contributed by atoms with E-state index in [-0.39, 0.29) is 60.4 Å². The lowest BCUT2D eigenvalue weighted by Gasteiger charge is -2.33. The van der Waals surface area contributed by atoms with Gasteiger partial charge >= 0.3 is 6.09 Å². The van der Waals surface area contributed by atoms with Gasteiger partial charge in [-0.25, -0.2) is 13.2 Å². The number of nitro benzene ring substituents is 1. The Balaban J connectivity index is 1.70. The molecule has 1 aliphatic heterocycles. The molecule has 2 amide bonds. The van der Waals surface area contributed by atoms with Crippen LogP contribution in [-0.2, 0) is 14.8 Å². The third-order valence-corrected chi connectivity index (χ3v) is 7.07. The lowest BCUT2D eigenvalue weighted by Crippen LogP contribution is -2.50. The number of ether oxygens (including phenoxy) is 2. The molecule has 0 atom stereocenters. The summed E-state index contributed by atoms with van der Waals surface area (Å²) in [5, 5.41) is 13.6. The number of hydrogen-bond acceptors (Lipinski definition) is 8. The first-order chi connectivity index (χ1) is 16.2. The number of methoxy groups -OCH3 is 1. The molecule has 1 fully saturated rings. The number of carbonyl (C=O) groups excluding carboxylic acids is 2. The molecule has 0 spiro atoms. The smallest absolute Gasteiger partial charge is 0.409 e. The summed E-state index contributed by atoms with van der Waals surface area (Å²) in [6.45, 7) is 2.60. The number of benzene rings is 2. The number of anilines is 1. The molecule has 2 aromatic carbocycles. The van der Waals surface area contributed by atoms with Crippen molar-refractivity contribution in [2.45, 2.75) is 11.8 Å². The third kappa shape index (κ3) is 5.43. The Morgan fingerprint density at radius 1 is 1.09 bits per heavy atom. The number of carbonyl (C=O) groups is 2. The molecule has 0 radical (unpaired) electrons. The minimum atomic E-state index is -3.82. The zero-order chi connectivity index (χ0) is 24.9. The van der Waals surface area contributed by atoms with Crippen molar-refractivity contribution in [3.05, 3.63) is 58.1 Å². The molecule has 1 heterocycles. The van der Waals surface area contributed by atoms with Crippen LogP contribution in [-0.4, -0.2) is 74.4 Å². The third-order valence-electron chi connectivity index (χ3n) is 5.16. The number of rotatable bonds is 7. The van der Waals surface area contributed by atoms with Crippen molar-refractivity contribution in [1.29, 1.82) is 0 Å². The Kier molecular flexibility index (Phi) is 7.68. The Hall–Kier alpha value is -3.71. The van der Waals surface area contributed by atoms with Gasteiger partial charge in [-0.1, -0.05) is 0 Å². The number of nitro groups is 1. The summed E-state index contributed by atoms with van der Waals surface area (Å²) >= 11 is 0. The second-order valence-corrected chi connectivity index (χ2v) is 9.15. The molecule has 0 aromatic heterocycles. The van der Waals surface area contributed by atoms with E-state index in [1.807, 2.05) is 0 Å². The maximum absolute atomic E-state index is 13.0. The molecule has 3 rings (SSSR count). The van der Waals surface area contributed by atoms with Crippen molar-refractivity contribution in [2.24, 2.45) is 0 Å². The van der Waals surface area contributed by atoms with Crippen LogP contribution in [0.3, 0.4) is 0 Å². The molecule has 34 heavy (non-hydrogen) atoms. The monoisotopic (exact) mass is 492 g/mol. The summed E-state index contributed by atoms with van der Waals surface area (Å²) in [6, 6.07) is 9.11. The first kappa shape index (κ1) is 24.9. The molecule has 12 nitrogen and oxygen atoms in total. The van der Waals surface area contributed by atoms with E-state index in [2.05, 4.69) is 5.32 Å². The van der Waals surface area contributed by atoms with Gasteiger partial charge in [0.25, 0.3) is 11.6 Å². The Bertz CT molecular complexity index is 1180. The average Bonchev–Trinajstić information content (AvgIpc) is 2.84. The molecule has 13 heteroatoms. The van der Waals surface area contributed by atoms with Gasteiger partial charge in [0.2, 0.25) is 10.0 Å². The second kappa shape index (κ2) is 10.5. The van der Waals surface area contributed by atoms with Crippen LogP contribution >= 0.6 is 0 Å². The van der Waals surface area contributed by atoms with Gasteiger partial charge in [0.15, 0.2) is 0 Å². The van der Waals surface area contributed by atoms with Crippen LogP contribution in [0.4, 0.5) is 16.2 Å². The molecule has 0 saturated carbocycles. The highest BCUT2D eigenvalue weighted by Crippen LogP contribution is 2.29. The van der Waals surface area contributed by atoms with E-state index in [0.717, 1.165) is 0 Å². The fourth-order valence-electron chi connectivity index (χ4n) is 3.35. The standard InChI is InChI=1S/C21H24N4O8S/c1-3-33-21(27)23-10-12-24(13-11-23)34(30,31)17-7-4-15(5-8-17)20(26)22-18-14-16(25(28)29)6-9-19(18)32-2/h4-9,14H,3,10-13H2,1-2H3,(H,22,26). The van der Waals surface area contributed by atoms with Crippen LogP contribution in [0.15, 0.2) is 47.4 Å². The van der Waals surface area contributed by atoms with E-state index in [0.29, 0.717) is 0 Å². The predicted molar refractivity (Wildman–Crippen MR) is 121 cm³/mol. The largest absolute Gasteiger partial charge is 0.495 e. The highest BCUT2D eigenvalue weighted by atomic mass is 32.2. The molecule has 1 aliphatic rings. The summed E-state index contributed by atoms with van der Waals surface area (Å²) in [5.74, 6) is -0.356. The van der Waals surface area contributed by atoms with Crippen molar-refractivity contribution in [3.63, 3.8) is 0 Å². The molecule has 1 N–H and O–H groups in total. The van der Waals surface area contributed by atoms with Gasteiger partial charge in [0.1, 0.15) is 5.75 Å². The predicted octanol–water partition coefficient (Wildman–Crippen LogP) is 2.32. The number of nitrogens with zero attached hydrogens (tertiary/aromatic N) is 3. The van der Waals surface area contributed by atoms with Crippen molar-refractivity contribution in [2.75, 3.05) is 45.2 Å². The van der Waals surface area contributed by atoms with Crippen LogP contribution in [0, 0.1) is 10.1 Å². The van der Waals surface area contributed by atoms with E-state index in [1.165, 1.54) is 58.8 Å². The van der Waals surface area contributed by atoms with E-state index >= 15 is 0 Å². The van der Waals surface area contributed by atoms with Gasteiger partial charge in [-0.2, -0.15) is 4.31 Å². The van der Waals surface area contributed by atoms with E-state index in [9.17, 15) is 28.1 Å². The van der Waals surface area contributed by atoms with Gasteiger partial charge in [0.05, 0.1) is 29.2 Å². The first-order valence-electron chi connectivity index (χ1n) is 10.3. The van der Waals surface area contributed by atoms with Crippen molar-refractivity contribution < 1.29 is 32.4 Å². The highest BCUT2D eigenvalue weighted by Gasteiger charge is 2.30. The maximum atomic E-state index is 13.0. The van der Waals surface area contributed by atoms with Crippen molar-refractivity contribution in [3.8, 4) is 5.75 Å². The molecule has 2 aromatic rings. The molecule has 0 unspecified atom stereocenters. The summed E-state index contributed by atoms with van der Waals surface area (Å²) in [5.41, 5.74) is 0.0399. The van der Waals surface area contributed by atoms with Gasteiger partial charge in [-0.3, -0.25) is 14.9 Å². The second-order valence-electron chi connectivity index (χ2n) is 7.21. The Labute approximate surface area is 196 Å². The van der Waals surface area contributed by atoms with Crippen LogP contribution in [0.2, 0.25) is 0 Å². The first-order valence-corrected chi connectivity index (χ1v) is 11.8. The normalized spacial score (nSPS) is 14.4. The Morgan fingerprint density at radius 3 is 2.29 bits per heavy atom. The van der Waals surface area contributed by atoms with Crippen molar-refractivity contribution in [1.82, 2.24) is 9.21 Å². The number of non-ortho nitro benzene ring substituents is 1. The summed E-state index contributed by atoms with van der Waals surface area (Å²) in [6.07, 6.45) is -0.477. The fourth-order valence-corrected chi connectivity index (χ4v) is 4.78. The van der Waals surface area contributed by atoms with Gasteiger partial charge in [0, 0.05) is 43.9 Å². The quantitative estimate of drug-likeness (QED) is 0.457. The topological polar surface area (TPSA) is 148 Å². The van der Waals surface area contributed by atoms with E-state index in [4.69, 9.17) is 9.47 Å². The zero-order valence-electron chi connectivity index (χ0n) is 18.6. The van der Waals surface area contributed by atoms with Crippen LogP contribution in [0.5, 0.6) is 5.75 Å². The van der Waals surface area contributed by atoms with Gasteiger partial charge < -0.3 is 19.7 Å². The van der Waals surface area contributed by atoms with Gasteiger partial charge in [-0.05, 0) is 37.3 Å². The number of nitrogens with one attached hydrogen (secondary N) is 1. The maximum Gasteiger partial charge on any atom is 0.409 e. The van der Waals surface area contributed by atoms with Crippen LogP contribution in [0.1, 0.15) is 17.3 Å². The van der Waals surface area contributed by atoms with Crippen molar-refractivity contribution >= 4 is 33.4 Å². The van der Waals surface area contributed by atoms with Gasteiger partial charge in [-0.15, -0.1) is 0 Å². The Morgan fingerprint density at radius 2 is 1.74 bits per heavy atom. The molecule has 182 valence electrons. The lowest BCUT2D eigenvalue weighted by atomic mass is 10.2. The molecule has 1 saturated heterocycles. The lowest BCUT2D eigenvalue weighted by molar-refractivity contribution is -0.384. The van der Waals surface area contributed by atoms with Crippen LogP contribution in [0.25, 0.3) is 0 Å². The van der Waals surface area contributed by atoms with E-state index < -0.39 is 26.9 Å². The number of sulfonamides is 1. The molecule has 0 aliphatic carbocycles. The van der Waals surface area contributed by atoms with E-state index in [1.54, 1.807) is 6.92 Å². The highest BCUT2D eigenvalue weighted by molar-refractivity contribution is 7.89. The molecule has 0 bridgehead atoms. The minimum absolute atomic E-state index is 0.00145. The van der Waals surface area contributed by atoms with Crippen LogP contribution < -0.4 is 10.1 Å². The SMILES string of the molecule is CCOC(=O)N1CCN(S(=O)(=O)c2ccc(C(=O)Nc3cc([N+](=O)[O-])ccc3OC)cc2)CC1. The summed E-state index contributed by atoms with van der Waals surface area (Å²) in [4.78, 5) is 36.3. The average molecular weight is 493 g/mol. The number of hydrogen-bond donors (Lipinski definition) is 1. The molecular formula is C21H24N4O8S. The minimum Gasteiger partial charge on any atom is -0.495 e. The molecular weight excluding hydrogens is 468 g/mol.